The Labute approximate surface area is 149 Å². The van der Waals surface area contributed by atoms with Crippen molar-refractivity contribution in [2.24, 2.45) is 4.99 Å². The number of rotatable bonds is 4. The predicted octanol–water partition coefficient (Wildman–Crippen LogP) is 0.0963. The van der Waals surface area contributed by atoms with Gasteiger partial charge >= 0.3 is 0 Å². The second kappa shape index (κ2) is 7.70. The van der Waals surface area contributed by atoms with Crippen molar-refractivity contribution in [3.63, 3.8) is 0 Å². The van der Waals surface area contributed by atoms with Gasteiger partial charge in [0.1, 0.15) is 12.4 Å². The van der Waals surface area contributed by atoms with Crippen molar-refractivity contribution < 1.29 is 4.74 Å². The van der Waals surface area contributed by atoms with Gasteiger partial charge in [-0.1, -0.05) is 0 Å². The number of hydrogen-bond acceptors (Lipinski definition) is 5. The molecule has 0 bridgehead atoms. The van der Waals surface area contributed by atoms with Crippen LogP contribution in [-0.4, -0.2) is 82.5 Å². The van der Waals surface area contributed by atoms with E-state index >= 15 is 0 Å². The van der Waals surface area contributed by atoms with E-state index in [1.165, 1.54) is 12.8 Å². The summed E-state index contributed by atoms with van der Waals surface area (Å²) < 4.78 is 7.71. The molecule has 8 heteroatoms. The fraction of sp³-hybridized carbons (Fsp3) is 0.824. The number of aromatic nitrogens is 3. The van der Waals surface area contributed by atoms with Gasteiger partial charge in [0.05, 0.1) is 13.2 Å². The first kappa shape index (κ1) is 16.8. The molecule has 0 aromatic carbocycles. The molecule has 0 radical (unpaired) electrons. The molecule has 8 nitrogen and oxygen atoms in total. The Bertz CT molecular complexity index is 608. The van der Waals surface area contributed by atoms with Crippen LogP contribution >= 0.6 is 0 Å². The number of aliphatic imine (C=N–C) groups is 1. The number of nitrogens with one attached hydrogen (secondary N) is 1. The lowest BCUT2D eigenvalue weighted by Gasteiger charge is -2.32. The largest absolute Gasteiger partial charge is 0.379 e. The molecule has 4 rings (SSSR count). The van der Waals surface area contributed by atoms with Gasteiger partial charge in [-0.3, -0.25) is 4.90 Å². The molecule has 2 saturated heterocycles. The minimum atomic E-state index is 0.605. The maximum absolute atomic E-state index is 5.48. The second-order valence-electron chi connectivity index (χ2n) is 6.99. The van der Waals surface area contributed by atoms with Gasteiger partial charge < -0.3 is 19.5 Å². The Morgan fingerprint density at radius 1 is 1.24 bits per heavy atom. The number of likely N-dealkylation sites (tertiary alicyclic amines) is 1. The van der Waals surface area contributed by atoms with Crippen molar-refractivity contribution >= 4 is 5.96 Å². The molecule has 2 fully saturated rings. The highest BCUT2D eigenvalue weighted by Gasteiger charge is 2.30. The Balaban J connectivity index is 1.40. The topological polar surface area (TPSA) is 70.8 Å². The number of fused-ring (bicyclic) bond motifs is 1. The molecule has 0 spiro atoms. The molecular weight excluding hydrogens is 318 g/mol. The van der Waals surface area contributed by atoms with Crippen molar-refractivity contribution in [3.8, 4) is 0 Å². The fourth-order valence-electron chi connectivity index (χ4n) is 4.07. The maximum atomic E-state index is 5.48. The predicted molar refractivity (Wildman–Crippen MR) is 95.5 cm³/mol. The third-order valence-electron chi connectivity index (χ3n) is 5.42. The molecule has 0 aliphatic carbocycles. The van der Waals surface area contributed by atoms with Crippen molar-refractivity contribution in [1.82, 2.24) is 29.9 Å². The van der Waals surface area contributed by atoms with E-state index in [1.807, 2.05) is 0 Å². The number of morpholine rings is 1. The van der Waals surface area contributed by atoms with Crippen LogP contribution in [0.4, 0.5) is 0 Å². The fourth-order valence-corrected chi connectivity index (χ4v) is 4.07. The monoisotopic (exact) mass is 347 g/mol. The quantitative estimate of drug-likeness (QED) is 0.615. The zero-order valence-electron chi connectivity index (χ0n) is 15.2. The lowest BCUT2D eigenvalue weighted by Crippen LogP contribution is -2.46. The first-order valence-electron chi connectivity index (χ1n) is 9.61. The summed E-state index contributed by atoms with van der Waals surface area (Å²) in [6.45, 7) is 10.6. The molecule has 3 aliphatic heterocycles. The van der Waals surface area contributed by atoms with Gasteiger partial charge in [-0.25, -0.2) is 4.99 Å². The van der Waals surface area contributed by atoms with Crippen LogP contribution in [0.5, 0.6) is 0 Å². The van der Waals surface area contributed by atoms with Crippen LogP contribution in [0.25, 0.3) is 0 Å². The minimum absolute atomic E-state index is 0.605. The van der Waals surface area contributed by atoms with E-state index in [1.54, 1.807) is 0 Å². The summed E-state index contributed by atoms with van der Waals surface area (Å²) in [5, 5.41) is 12.1. The summed E-state index contributed by atoms with van der Waals surface area (Å²) in [6.07, 6.45) is 3.42. The number of guanidine groups is 1. The van der Waals surface area contributed by atoms with Crippen LogP contribution in [0.2, 0.25) is 0 Å². The summed E-state index contributed by atoms with van der Waals surface area (Å²) >= 11 is 0. The summed E-state index contributed by atoms with van der Waals surface area (Å²) in [4.78, 5) is 9.82. The molecule has 25 heavy (non-hydrogen) atoms. The van der Waals surface area contributed by atoms with Crippen LogP contribution in [0.15, 0.2) is 4.99 Å². The van der Waals surface area contributed by atoms with Gasteiger partial charge in [-0.2, -0.15) is 0 Å². The van der Waals surface area contributed by atoms with Crippen molar-refractivity contribution in [2.45, 2.75) is 45.3 Å². The average molecular weight is 347 g/mol. The van der Waals surface area contributed by atoms with E-state index in [0.717, 1.165) is 76.5 Å². The Morgan fingerprint density at radius 2 is 2.12 bits per heavy atom. The average Bonchev–Trinajstić information content (AvgIpc) is 3.37. The standard InChI is InChI=1S/C17H29N7O/c1-2-18-17(19-12-16-21-20-15-4-3-6-24(15)16)23-7-5-14(13-23)22-8-10-25-11-9-22/h14H,2-13H2,1H3,(H,18,19). The number of hydrogen-bond donors (Lipinski definition) is 1. The van der Waals surface area contributed by atoms with E-state index in [9.17, 15) is 0 Å². The van der Waals surface area contributed by atoms with E-state index < -0.39 is 0 Å². The van der Waals surface area contributed by atoms with Gasteiger partial charge in [0.15, 0.2) is 11.8 Å². The number of ether oxygens (including phenoxy) is 1. The SMILES string of the molecule is CCNC(=NCc1nnc2n1CCC2)N1CCC(N2CCOCC2)C1. The highest BCUT2D eigenvalue weighted by molar-refractivity contribution is 5.80. The third-order valence-corrected chi connectivity index (χ3v) is 5.42. The second-order valence-corrected chi connectivity index (χ2v) is 6.99. The Morgan fingerprint density at radius 3 is 2.96 bits per heavy atom. The third kappa shape index (κ3) is 3.64. The van der Waals surface area contributed by atoms with Crippen LogP contribution in [0.1, 0.15) is 31.4 Å². The van der Waals surface area contributed by atoms with E-state index in [4.69, 9.17) is 9.73 Å². The smallest absolute Gasteiger partial charge is 0.194 e. The minimum Gasteiger partial charge on any atom is -0.379 e. The normalized spacial score (nSPS) is 24.8. The molecule has 1 atom stereocenters. The molecular formula is C17H29N7O. The van der Waals surface area contributed by atoms with Crippen LogP contribution in [-0.2, 0) is 24.2 Å². The van der Waals surface area contributed by atoms with Crippen molar-refractivity contribution in [1.29, 1.82) is 0 Å². The molecule has 1 N–H and O–H groups in total. The van der Waals surface area contributed by atoms with Gasteiger partial charge in [-0.05, 0) is 19.8 Å². The van der Waals surface area contributed by atoms with Crippen LogP contribution in [0.3, 0.4) is 0 Å². The number of nitrogens with zero attached hydrogens (tertiary/aromatic N) is 6. The van der Waals surface area contributed by atoms with Crippen molar-refractivity contribution in [3.05, 3.63) is 11.6 Å². The molecule has 1 aromatic heterocycles. The van der Waals surface area contributed by atoms with Gasteiger partial charge in [0.25, 0.3) is 0 Å². The van der Waals surface area contributed by atoms with Gasteiger partial charge in [-0.15, -0.1) is 10.2 Å². The number of aryl methyl sites for hydroxylation is 1. The lowest BCUT2D eigenvalue weighted by molar-refractivity contribution is 0.0195. The van der Waals surface area contributed by atoms with E-state index in [0.29, 0.717) is 12.6 Å². The molecule has 138 valence electrons. The molecule has 0 amide bonds. The highest BCUT2D eigenvalue weighted by Crippen LogP contribution is 2.18. The molecule has 4 heterocycles. The maximum Gasteiger partial charge on any atom is 0.194 e. The molecule has 1 unspecified atom stereocenters. The summed E-state index contributed by atoms with van der Waals surface area (Å²) in [5.41, 5.74) is 0. The van der Waals surface area contributed by atoms with Crippen LogP contribution < -0.4 is 5.32 Å². The van der Waals surface area contributed by atoms with Gasteiger partial charge in [0, 0.05) is 51.7 Å². The first-order valence-corrected chi connectivity index (χ1v) is 9.61. The zero-order valence-corrected chi connectivity index (χ0v) is 15.2. The Kier molecular flexibility index (Phi) is 5.17. The first-order chi connectivity index (χ1) is 12.3. The van der Waals surface area contributed by atoms with E-state index in [2.05, 4.69) is 36.8 Å². The van der Waals surface area contributed by atoms with E-state index in [-0.39, 0.29) is 0 Å². The molecule has 0 saturated carbocycles. The lowest BCUT2D eigenvalue weighted by atomic mass is 10.2. The molecule has 1 aromatic rings. The summed E-state index contributed by atoms with van der Waals surface area (Å²) in [5.74, 6) is 3.11. The Hall–Kier alpha value is -1.67. The van der Waals surface area contributed by atoms with Crippen molar-refractivity contribution in [2.75, 3.05) is 45.9 Å². The summed E-state index contributed by atoms with van der Waals surface area (Å²) in [6, 6.07) is 0.616. The highest BCUT2D eigenvalue weighted by atomic mass is 16.5. The zero-order chi connectivity index (χ0) is 17.1. The van der Waals surface area contributed by atoms with Gasteiger partial charge in [0.2, 0.25) is 0 Å². The molecule has 3 aliphatic rings. The van der Waals surface area contributed by atoms with Crippen LogP contribution in [0, 0.1) is 0 Å². The summed E-state index contributed by atoms with van der Waals surface area (Å²) in [7, 11) is 0.